The SMILES string of the molecule is CC(C)(C)OC(=O)CCOCCOCCC(=O)NCCN(CCN)C(=O)CCOCCNC(=O)OCC1c2ccccc2-c2ccccc21. The van der Waals surface area contributed by atoms with E-state index in [9.17, 15) is 19.2 Å². The van der Waals surface area contributed by atoms with Crippen molar-refractivity contribution in [2.75, 3.05) is 79.0 Å². The maximum absolute atomic E-state index is 12.7. The number of hydrogen-bond acceptors (Lipinski definition) is 10. The summed E-state index contributed by atoms with van der Waals surface area (Å²) in [4.78, 5) is 50.4. The maximum Gasteiger partial charge on any atom is 0.407 e. The number of carbonyl (C=O) groups excluding carboxylic acids is 4. The molecule has 0 spiro atoms. The van der Waals surface area contributed by atoms with Crippen LogP contribution in [0.3, 0.4) is 0 Å². The molecule has 270 valence electrons. The second-order valence-corrected chi connectivity index (χ2v) is 12.4. The van der Waals surface area contributed by atoms with Crippen LogP contribution < -0.4 is 16.4 Å². The highest BCUT2D eigenvalue weighted by Crippen LogP contribution is 2.44. The molecule has 2 aromatic carbocycles. The Morgan fingerprint density at radius 2 is 1.33 bits per heavy atom. The summed E-state index contributed by atoms with van der Waals surface area (Å²) in [7, 11) is 0. The zero-order valence-corrected chi connectivity index (χ0v) is 29.0. The van der Waals surface area contributed by atoms with E-state index in [0.29, 0.717) is 26.3 Å². The van der Waals surface area contributed by atoms with E-state index in [1.54, 1.807) is 4.90 Å². The first kappa shape index (κ1) is 39.4. The molecule has 0 aliphatic heterocycles. The summed E-state index contributed by atoms with van der Waals surface area (Å²) in [6.45, 7) is 8.62. The van der Waals surface area contributed by atoms with Gasteiger partial charge in [0.15, 0.2) is 0 Å². The molecule has 13 nitrogen and oxygen atoms in total. The van der Waals surface area contributed by atoms with Gasteiger partial charge in [0.2, 0.25) is 11.8 Å². The van der Waals surface area contributed by atoms with Crippen LogP contribution in [0, 0.1) is 0 Å². The molecule has 0 radical (unpaired) electrons. The highest BCUT2D eigenvalue weighted by molar-refractivity contribution is 5.79. The van der Waals surface area contributed by atoms with Crippen molar-refractivity contribution >= 4 is 23.9 Å². The van der Waals surface area contributed by atoms with E-state index in [4.69, 9.17) is 29.4 Å². The molecule has 1 aliphatic carbocycles. The smallest absolute Gasteiger partial charge is 0.407 e. The molecule has 3 amide bonds. The first-order valence-electron chi connectivity index (χ1n) is 16.9. The van der Waals surface area contributed by atoms with Gasteiger partial charge in [-0.3, -0.25) is 14.4 Å². The minimum Gasteiger partial charge on any atom is -0.460 e. The molecule has 4 N–H and O–H groups in total. The molecule has 0 saturated heterocycles. The lowest BCUT2D eigenvalue weighted by Crippen LogP contribution is -2.41. The van der Waals surface area contributed by atoms with Crippen LogP contribution in [0.1, 0.15) is 57.1 Å². The Balaban J connectivity index is 1.19. The van der Waals surface area contributed by atoms with Gasteiger partial charge >= 0.3 is 12.1 Å². The van der Waals surface area contributed by atoms with Crippen molar-refractivity contribution in [1.29, 1.82) is 0 Å². The number of fused-ring (bicyclic) bond motifs is 3. The van der Waals surface area contributed by atoms with Gasteiger partial charge in [-0.1, -0.05) is 48.5 Å². The zero-order chi connectivity index (χ0) is 35.5. The van der Waals surface area contributed by atoms with Crippen molar-refractivity contribution in [3.63, 3.8) is 0 Å². The Morgan fingerprint density at radius 1 is 0.735 bits per heavy atom. The predicted molar refractivity (Wildman–Crippen MR) is 184 cm³/mol. The Hall–Kier alpha value is -4.04. The summed E-state index contributed by atoms with van der Waals surface area (Å²) in [6, 6.07) is 16.3. The molecule has 49 heavy (non-hydrogen) atoms. The summed E-state index contributed by atoms with van der Waals surface area (Å²) in [5.74, 6) is -0.666. The number of alkyl carbamates (subject to hydrolysis) is 1. The zero-order valence-electron chi connectivity index (χ0n) is 29.0. The number of amides is 3. The number of benzene rings is 2. The van der Waals surface area contributed by atoms with Crippen LogP contribution in [0.2, 0.25) is 0 Å². The lowest BCUT2D eigenvalue weighted by molar-refractivity contribution is -0.156. The molecular weight excluding hydrogens is 632 g/mol. The third kappa shape index (κ3) is 14.5. The Labute approximate surface area is 289 Å². The topological polar surface area (TPSA) is 168 Å². The minimum atomic E-state index is -0.523. The molecular formula is C36H52N4O9. The van der Waals surface area contributed by atoms with Gasteiger partial charge in [-0.25, -0.2) is 4.79 Å². The fourth-order valence-electron chi connectivity index (χ4n) is 5.26. The summed E-state index contributed by atoms with van der Waals surface area (Å²) in [5.41, 5.74) is 9.79. The molecule has 0 aromatic heterocycles. The summed E-state index contributed by atoms with van der Waals surface area (Å²) < 4.78 is 27.1. The average Bonchev–Trinajstić information content (AvgIpc) is 3.38. The molecule has 13 heteroatoms. The molecule has 1 aliphatic rings. The molecule has 0 saturated carbocycles. The van der Waals surface area contributed by atoms with Crippen LogP contribution >= 0.6 is 0 Å². The third-order valence-corrected chi connectivity index (χ3v) is 7.49. The van der Waals surface area contributed by atoms with E-state index >= 15 is 0 Å². The van der Waals surface area contributed by atoms with E-state index in [0.717, 1.165) is 11.1 Å². The minimum absolute atomic E-state index is 0.0136. The lowest BCUT2D eigenvalue weighted by Gasteiger charge is -2.22. The van der Waals surface area contributed by atoms with Gasteiger partial charge in [0.1, 0.15) is 12.2 Å². The van der Waals surface area contributed by atoms with Crippen LogP contribution in [0.25, 0.3) is 11.1 Å². The number of carbonyl (C=O) groups is 4. The predicted octanol–water partition coefficient (Wildman–Crippen LogP) is 2.99. The van der Waals surface area contributed by atoms with Crippen LogP contribution in [-0.4, -0.2) is 113 Å². The van der Waals surface area contributed by atoms with E-state index < -0.39 is 11.7 Å². The fourth-order valence-corrected chi connectivity index (χ4v) is 5.26. The van der Waals surface area contributed by atoms with Crippen molar-refractivity contribution < 1.29 is 42.9 Å². The van der Waals surface area contributed by atoms with Crippen LogP contribution in [0.5, 0.6) is 0 Å². The van der Waals surface area contributed by atoms with Gasteiger partial charge in [-0.2, -0.15) is 0 Å². The summed E-state index contributed by atoms with van der Waals surface area (Å²) in [6.07, 6.45) is -0.0438. The molecule has 3 rings (SSSR count). The van der Waals surface area contributed by atoms with Crippen LogP contribution in [0.4, 0.5) is 4.79 Å². The van der Waals surface area contributed by atoms with Crippen molar-refractivity contribution in [3.8, 4) is 11.1 Å². The molecule has 2 aromatic rings. The number of nitrogens with one attached hydrogen (secondary N) is 2. The largest absolute Gasteiger partial charge is 0.460 e. The average molecular weight is 685 g/mol. The van der Waals surface area contributed by atoms with E-state index in [-0.39, 0.29) is 95.6 Å². The van der Waals surface area contributed by atoms with Gasteiger partial charge in [-0.05, 0) is 43.0 Å². The third-order valence-electron chi connectivity index (χ3n) is 7.49. The maximum atomic E-state index is 12.7. The first-order valence-corrected chi connectivity index (χ1v) is 16.9. The van der Waals surface area contributed by atoms with E-state index in [2.05, 4.69) is 34.9 Å². The number of rotatable bonds is 22. The second kappa shape index (κ2) is 21.1. The normalized spacial score (nSPS) is 12.2. The van der Waals surface area contributed by atoms with Gasteiger partial charge < -0.3 is 45.0 Å². The molecule has 0 fully saturated rings. The number of ether oxygens (including phenoxy) is 5. The standard InChI is InChI=1S/C36H52N4O9/c1-36(2,3)49-34(43)14-22-47-25-24-46-20-12-32(41)38-16-19-40(18-15-37)33(42)13-21-45-23-17-39-35(44)48-26-31-29-10-6-4-8-27(29)28-9-5-7-11-30(28)31/h4-11,31H,12-26,37H2,1-3H3,(H,38,41)(H,39,44). The van der Waals surface area contributed by atoms with E-state index in [1.807, 2.05) is 45.0 Å². The van der Waals surface area contributed by atoms with Gasteiger partial charge in [-0.15, -0.1) is 0 Å². The van der Waals surface area contributed by atoms with Crippen molar-refractivity contribution in [1.82, 2.24) is 15.5 Å². The number of nitrogens with zero attached hydrogens (tertiary/aromatic N) is 1. The Bertz CT molecular complexity index is 1300. The first-order chi connectivity index (χ1) is 23.6. The summed E-state index contributed by atoms with van der Waals surface area (Å²) in [5, 5.41) is 5.48. The second-order valence-electron chi connectivity index (χ2n) is 12.4. The van der Waals surface area contributed by atoms with Crippen LogP contribution in [0.15, 0.2) is 48.5 Å². The van der Waals surface area contributed by atoms with E-state index in [1.165, 1.54) is 11.1 Å². The van der Waals surface area contributed by atoms with Crippen LogP contribution in [-0.2, 0) is 38.1 Å². The Kier molecular flexibility index (Phi) is 17.0. The van der Waals surface area contributed by atoms with Crippen molar-refractivity contribution in [3.05, 3.63) is 59.7 Å². The molecule has 0 bridgehead atoms. The van der Waals surface area contributed by atoms with Gasteiger partial charge in [0.05, 0.1) is 52.5 Å². The molecule has 0 heterocycles. The Morgan fingerprint density at radius 3 is 1.96 bits per heavy atom. The van der Waals surface area contributed by atoms with Crippen molar-refractivity contribution in [2.24, 2.45) is 5.73 Å². The number of esters is 1. The highest BCUT2D eigenvalue weighted by Gasteiger charge is 2.29. The monoisotopic (exact) mass is 684 g/mol. The molecule has 0 unspecified atom stereocenters. The summed E-state index contributed by atoms with van der Waals surface area (Å²) >= 11 is 0. The van der Waals surface area contributed by atoms with Gasteiger partial charge in [0, 0.05) is 45.1 Å². The lowest BCUT2D eigenvalue weighted by atomic mass is 9.98. The molecule has 0 atom stereocenters. The van der Waals surface area contributed by atoms with Crippen molar-refractivity contribution in [2.45, 2.75) is 51.6 Å². The van der Waals surface area contributed by atoms with Gasteiger partial charge in [0.25, 0.3) is 0 Å². The fraction of sp³-hybridized carbons (Fsp3) is 0.556. The quantitative estimate of drug-likeness (QED) is 0.124. The number of nitrogens with two attached hydrogens (primary N) is 1. The number of hydrogen-bond donors (Lipinski definition) is 3. The highest BCUT2D eigenvalue weighted by atomic mass is 16.6.